The molecule has 0 fully saturated rings. The van der Waals surface area contributed by atoms with E-state index < -0.39 is 0 Å². The second-order valence-electron chi connectivity index (χ2n) is 3.43. The van der Waals surface area contributed by atoms with Crippen molar-refractivity contribution >= 4 is 11.6 Å². The summed E-state index contributed by atoms with van der Waals surface area (Å²) in [5.41, 5.74) is 6.20. The summed E-state index contributed by atoms with van der Waals surface area (Å²) in [6.45, 7) is 1.79. The van der Waals surface area contributed by atoms with Crippen molar-refractivity contribution in [1.82, 2.24) is 0 Å². The molecule has 0 aliphatic heterocycles. The SMILES string of the molecule is COc1ccccc1NC(=O)CC(C)N. The van der Waals surface area contributed by atoms with Crippen molar-refractivity contribution in [2.45, 2.75) is 19.4 Å². The number of carbonyl (C=O) groups is 1. The van der Waals surface area contributed by atoms with Crippen molar-refractivity contribution in [2.75, 3.05) is 12.4 Å². The van der Waals surface area contributed by atoms with Gasteiger partial charge in [-0.25, -0.2) is 0 Å². The van der Waals surface area contributed by atoms with Gasteiger partial charge in [-0.15, -0.1) is 0 Å². The van der Waals surface area contributed by atoms with Crippen molar-refractivity contribution in [3.05, 3.63) is 24.3 Å². The van der Waals surface area contributed by atoms with Crippen molar-refractivity contribution in [2.24, 2.45) is 5.73 Å². The minimum absolute atomic E-state index is 0.102. The van der Waals surface area contributed by atoms with Crippen LogP contribution in [0, 0.1) is 0 Å². The molecule has 0 saturated carbocycles. The lowest BCUT2D eigenvalue weighted by Crippen LogP contribution is -2.24. The molecule has 3 N–H and O–H groups in total. The zero-order valence-corrected chi connectivity index (χ0v) is 8.99. The van der Waals surface area contributed by atoms with Crippen LogP contribution in [-0.2, 0) is 4.79 Å². The van der Waals surface area contributed by atoms with Gasteiger partial charge in [-0.1, -0.05) is 12.1 Å². The molecule has 4 heteroatoms. The fourth-order valence-corrected chi connectivity index (χ4v) is 1.24. The maximum Gasteiger partial charge on any atom is 0.226 e. The Bertz CT molecular complexity index is 337. The van der Waals surface area contributed by atoms with E-state index in [0.717, 1.165) is 0 Å². The van der Waals surface area contributed by atoms with E-state index in [-0.39, 0.29) is 11.9 Å². The second-order valence-corrected chi connectivity index (χ2v) is 3.43. The van der Waals surface area contributed by atoms with Crippen molar-refractivity contribution < 1.29 is 9.53 Å². The zero-order chi connectivity index (χ0) is 11.3. The largest absolute Gasteiger partial charge is 0.495 e. The molecular formula is C11H16N2O2. The number of nitrogens with one attached hydrogen (secondary N) is 1. The fourth-order valence-electron chi connectivity index (χ4n) is 1.24. The van der Waals surface area contributed by atoms with E-state index in [1.54, 1.807) is 26.2 Å². The number of hydrogen-bond donors (Lipinski definition) is 2. The molecule has 1 amide bonds. The van der Waals surface area contributed by atoms with Gasteiger partial charge in [0.15, 0.2) is 0 Å². The predicted octanol–water partition coefficient (Wildman–Crippen LogP) is 1.37. The van der Waals surface area contributed by atoms with Gasteiger partial charge in [-0.2, -0.15) is 0 Å². The van der Waals surface area contributed by atoms with Gasteiger partial charge in [0.2, 0.25) is 5.91 Å². The summed E-state index contributed by atoms with van der Waals surface area (Å²) in [7, 11) is 1.57. The highest BCUT2D eigenvalue weighted by Gasteiger charge is 2.08. The van der Waals surface area contributed by atoms with E-state index in [0.29, 0.717) is 17.9 Å². The molecule has 4 nitrogen and oxygen atoms in total. The van der Waals surface area contributed by atoms with Crippen LogP contribution in [0.4, 0.5) is 5.69 Å². The molecule has 1 unspecified atom stereocenters. The van der Waals surface area contributed by atoms with Gasteiger partial charge in [-0.3, -0.25) is 4.79 Å². The van der Waals surface area contributed by atoms with Crippen LogP contribution in [0.1, 0.15) is 13.3 Å². The Hall–Kier alpha value is -1.55. The first-order valence-corrected chi connectivity index (χ1v) is 4.82. The van der Waals surface area contributed by atoms with E-state index in [2.05, 4.69) is 5.32 Å². The van der Waals surface area contributed by atoms with Crippen molar-refractivity contribution in [1.29, 1.82) is 0 Å². The number of nitrogens with two attached hydrogens (primary N) is 1. The monoisotopic (exact) mass is 208 g/mol. The van der Waals surface area contributed by atoms with Gasteiger partial charge in [0.1, 0.15) is 5.75 Å². The second kappa shape index (κ2) is 5.36. The Kier molecular flexibility index (Phi) is 4.12. The van der Waals surface area contributed by atoms with Gasteiger partial charge in [0, 0.05) is 12.5 Å². The van der Waals surface area contributed by atoms with Crippen LogP contribution in [0.2, 0.25) is 0 Å². The first-order valence-electron chi connectivity index (χ1n) is 4.82. The summed E-state index contributed by atoms with van der Waals surface area (Å²) >= 11 is 0. The lowest BCUT2D eigenvalue weighted by atomic mass is 10.2. The van der Waals surface area contributed by atoms with Crippen molar-refractivity contribution in [3.8, 4) is 5.75 Å². The Morgan fingerprint density at radius 1 is 1.53 bits per heavy atom. The molecule has 0 radical (unpaired) electrons. The number of para-hydroxylation sites is 2. The molecular weight excluding hydrogens is 192 g/mol. The Labute approximate surface area is 89.4 Å². The quantitative estimate of drug-likeness (QED) is 0.785. The van der Waals surface area contributed by atoms with E-state index in [1.165, 1.54) is 0 Å². The number of methoxy groups -OCH3 is 1. The summed E-state index contributed by atoms with van der Waals surface area (Å²) in [5.74, 6) is 0.546. The molecule has 0 heterocycles. The maximum absolute atomic E-state index is 11.4. The molecule has 0 spiro atoms. The number of amides is 1. The summed E-state index contributed by atoms with van der Waals surface area (Å²) < 4.78 is 5.11. The number of rotatable bonds is 4. The lowest BCUT2D eigenvalue weighted by molar-refractivity contribution is -0.116. The van der Waals surface area contributed by atoms with Crippen LogP contribution < -0.4 is 15.8 Å². The van der Waals surface area contributed by atoms with Crippen LogP contribution in [0.15, 0.2) is 24.3 Å². The van der Waals surface area contributed by atoms with Crippen LogP contribution in [0.3, 0.4) is 0 Å². The third-order valence-electron chi connectivity index (χ3n) is 1.89. The minimum atomic E-state index is -0.139. The fraction of sp³-hybridized carbons (Fsp3) is 0.364. The van der Waals surface area contributed by atoms with E-state index in [4.69, 9.17) is 10.5 Å². The smallest absolute Gasteiger partial charge is 0.226 e. The number of anilines is 1. The summed E-state index contributed by atoms with van der Waals surface area (Å²) in [6, 6.07) is 7.13. The Morgan fingerprint density at radius 2 is 2.20 bits per heavy atom. The summed E-state index contributed by atoms with van der Waals surface area (Å²) in [5, 5.41) is 2.75. The zero-order valence-electron chi connectivity index (χ0n) is 8.99. The van der Waals surface area contributed by atoms with E-state index in [9.17, 15) is 4.79 Å². The average molecular weight is 208 g/mol. The van der Waals surface area contributed by atoms with Crippen LogP contribution in [-0.4, -0.2) is 19.1 Å². The molecule has 15 heavy (non-hydrogen) atoms. The van der Waals surface area contributed by atoms with E-state index in [1.807, 2.05) is 12.1 Å². The highest BCUT2D eigenvalue weighted by atomic mass is 16.5. The van der Waals surface area contributed by atoms with Crippen LogP contribution in [0.25, 0.3) is 0 Å². The van der Waals surface area contributed by atoms with Gasteiger partial charge in [0.25, 0.3) is 0 Å². The minimum Gasteiger partial charge on any atom is -0.495 e. The topological polar surface area (TPSA) is 64.3 Å². The molecule has 0 aliphatic rings. The highest BCUT2D eigenvalue weighted by molar-refractivity contribution is 5.92. The number of benzene rings is 1. The standard InChI is InChI=1S/C11H16N2O2/c1-8(12)7-11(14)13-9-5-3-4-6-10(9)15-2/h3-6,8H,7,12H2,1-2H3,(H,13,14). The third kappa shape index (κ3) is 3.59. The van der Waals surface area contributed by atoms with Gasteiger partial charge >= 0.3 is 0 Å². The Morgan fingerprint density at radius 3 is 2.80 bits per heavy atom. The summed E-state index contributed by atoms with van der Waals surface area (Å²) in [4.78, 5) is 11.4. The lowest BCUT2D eigenvalue weighted by Gasteiger charge is -2.10. The van der Waals surface area contributed by atoms with E-state index >= 15 is 0 Å². The Balaban J connectivity index is 2.67. The first-order chi connectivity index (χ1) is 7.13. The number of carbonyl (C=O) groups excluding carboxylic acids is 1. The van der Waals surface area contributed by atoms with Crippen molar-refractivity contribution in [3.63, 3.8) is 0 Å². The van der Waals surface area contributed by atoms with Crippen LogP contribution in [0.5, 0.6) is 5.75 Å². The number of ether oxygens (including phenoxy) is 1. The van der Waals surface area contributed by atoms with Gasteiger partial charge in [0.05, 0.1) is 12.8 Å². The molecule has 82 valence electrons. The normalized spacial score (nSPS) is 11.9. The van der Waals surface area contributed by atoms with Gasteiger partial charge < -0.3 is 15.8 Å². The molecule has 1 aromatic carbocycles. The molecule has 0 aliphatic carbocycles. The predicted molar refractivity (Wildman–Crippen MR) is 59.9 cm³/mol. The molecule has 1 atom stereocenters. The summed E-state index contributed by atoms with van der Waals surface area (Å²) in [6.07, 6.45) is 0.304. The van der Waals surface area contributed by atoms with Crippen LogP contribution >= 0.6 is 0 Å². The first kappa shape index (κ1) is 11.5. The highest BCUT2D eigenvalue weighted by Crippen LogP contribution is 2.22. The molecule has 0 bridgehead atoms. The molecule has 1 aromatic rings. The maximum atomic E-state index is 11.4. The molecule has 0 saturated heterocycles. The average Bonchev–Trinajstić information content (AvgIpc) is 2.17. The number of hydrogen-bond acceptors (Lipinski definition) is 3. The molecule has 0 aromatic heterocycles. The van der Waals surface area contributed by atoms with Gasteiger partial charge in [-0.05, 0) is 19.1 Å². The molecule has 1 rings (SSSR count). The third-order valence-corrected chi connectivity index (χ3v) is 1.89.